The van der Waals surface area contributed by atoms with E-state index in [4.69, 9.17) is 5.73 Å². The quantitative estimate of drug-likeness (QED) is 0.794. The van der Waals surface area contributed by atoms with Crippen molar-refractivity contribution in [1.82, 2.24) is 14.8 Å². The third kappa shape index (κ3) is 3.62. The second-order valence-corrected chi connectivity index (χ2v) is 9.02. The average Bonchev–Trinajstić information content (AvgIpc) is 3.08. The number of sulfone groups is 1. The molecular formula is C15H18N4O3S2. The number of benzene rings is 1. The summed E-state index contributed by atoms with van der Waals surface area (Å²) in [5.74, 6) is 1.25. The molecule has 1 fully saturated rings. The highest BCUT2D eigenvalue weighted by atomic mass is 32.2. The van der Waals surface area contributed by atoms with Gasteiger partial charge in [-0.25, -0.2) is 8.42 Å². The molecule has 1 amide bonds. The highest BCUT2D eigenvalue weighted by Gasteiger charge is 2.32. The van der Waals surface area contributed by atoms with Crippen LogP contribution in [0.25, 0.3) is 0 Å². The average molecular weight is 366 g/mol. The van der Waals surface area contributed by atoms with Gasteiger partial charge in [0, 0.05) is 24.3 Å². The number of hydrogen-bond acceptors (Lipinski definition) is 6. The fraction of sp³-hybridized carbons (Fsp3) is 0.400. The van der Waals surface area contributed by atoms with Crippen LogP contribution in [-0.2, 0) is 22.6 Å². The van der Waals surface area contributed by atoms with Crippen LogP contribution in [0.4, 0.5) is 0 Å². The zero-order chi connectivity index (χ0) is 17.3. The summed E-state index contributed by atoms with van der Waals surface area (Å²) in [6, 6.07) is 7.11. The summed E-state index contributed by atoms with van der Waals surface area (Å²) in [4.78, 5) is 11.1. The van der Waals surface area contributed by atoms with Gasteiger partial charge in [0.2, 0.25) is 5.91 Å². The zero-order valence-corrected chi connectivity index (χ0v) is 14.8. The molecule has 1 aromatic heterocycles. The van der Waals surface area contributed by atoms with E-state index >= 15 is 0 Å². The molecule has 1 atom stereocenters. The van der Waals surface area contributed by atoms with Gasteiger partial charge in [0.05, 0.1) is 11.5 Å². The van der Waals surface area contributed by atoms with Gasteiger partial charge < -0.3 is 10.3 Å². The Morgan fingerprint density at radius 3 is 2.62 bits per heavy atom. The lowest BCUT2D eigenvalue weighted by molar-refractivity contribution is 0.100. The first-order valence-electron chi connectivity index (χ1n) is 7.47. The molecule has 1 unspecified atom stereocenters. The van der Waals surface area contributed by atoms with Crippen molar-refractivity contribution in [2.24, 2.45) is 12.8 Å². The molecule has 2 aromatic rings. The standard InChI is InChI=1S/C15H18N4O3S2/c1-19-14(12-6-7-24(21,22)9-12)17-18-15(19)23-8-10-2-4-11(5-3-10)13(16)20/h2-5,12H,6-9H2,1H3,(H2,16,20). The van der Waals surface area contributed by atoms with Crippen LogP contribution in [0.5, 0.6) is 0 Å². The topological polar surface area (TPSA) is 108 Å². The smallest absolute Gasteiger partial charge is 0.248 e. The summed E-state index contributed by atoms with van der Waals surface area (Å²) in [5.41, 5.74) is 6.74. The molecule has 128 valence electrons. The van der Waals surface area contributed by atoms with Crippen molar-refractivity contribution >= 4 is 27.5 Å². The lowest BCUT2D eigenvalue weighted by Gasteiger charge is -2.08. The van der Waals surface area contributed by atoms with Gasteiger partial charge in [0.1, 0.15) is 5.82 Å². The molecule has 9 heteroatoms. The number of aromatic nitrogens is 3. The van der Waals surface area contributed by atoms with Gasteiger partial charge in [-0.15, -0.1) is 10.2 Å². The maximum absolute atomic E-state index is 11.6. The summed E-state index contributed by atoms with van der Waals surface area (Å²) in [6.07, 6.45) is 0.605. The number of rotatable bonds is 5. The van der Waals surface area contributed by atoms with Crippen molar-refractivity contribution in [1.29, 1.82) is 0 Å². The van der Waals surface area contributed by atoms with E-state index in [2.05, 4.69) is 10.2 Å². The second-order valence-electron chi connectivity index (χ2n) is 5.85. The fourth-order valence-corrected chi connectivity index (χ4v) is 5.33. The molecule has 2 N–H and O–H groups in total. The van der Waals surface area contributed by atoms with Gasteiger partial charge >= 0.3 is 0 Å². The summed E-state index contributed by atoms with van der Waals surface area (Å²) in [5, 5.41) is 9.10. The van der Waals surface area contributed by atoms with E-state index in [1.54, 1.807) is 12.1 Å². The first-order chi connectivity index (χ1) is 11.4. The minimum atomic E-state index is -2.94. The Balaban J connectivity index is 1.67. The van der Waals surface area contributed by atoms with Crippen molar-refractivity contribution in [2.75, 3.05) is 11.5 Å². The molecule has 0 aliphatic carbocycles. The summed E-state index contributed by atoms with van der Waals surface area (Å²) < 4.78 is 25.1. The Morgan fingerprint density at radius 2 is 2.04 bits per heavy atom. The Kier molecular flexibility index (Phi) is 4.64. The second kappa shape index (κ2) is 6.56. The Morgan fingerprint density at radius 1 is 1.33 bits per heavy atom. The van der Waals surface area contributed by atoms with Gasteiger partial charge in [-0.05, 0) is 24.1 Å². The van der Waals surface area contributed by atoms with Crippen LogP contribution in [0, 0.1) is 0 Å². The van der Waals surface area contributed by atoms with Crippen molar-refractivity contribution in [2.45, 2.75) is 23.2 Å². The number of thioether (sulfide) groups is 1. The molecule has 1 aliphatic rings. The van der Waals surface area contributed by atoms with E-state index < -0.39 is 15.7 Å². The Bertz CT molecular complexity index is 859. The van der Waals surface area contributed by atoms with E-state index in [1.807, 2.05) is 23.7 Å². The fourth-order valence-electron chi connectivity index (χ4n) is 2.72. The molecule has 7 nitrogen and oxygen atoms in total. The molecule has 0 bridgehead atoms. The number of nitrogens with zero attached hydrogens (tertiary/aromatic N) is 3. The molecule has 24 heavy (non-hydrogen) atoms. The first kappa shape index (κ1) is 17.0. The molecule has 1 aliphatic heterocycles. The number of nitrogens with two attached hydrogens (primary N) is 1. The van der Waals surface area contributed by atoms with Crippen LogP contribution in [0.2, 0.25) is 0 Å². The molecule has 1 aromatic carbocycles. The van der Waals surface area contributed by atoms with Crippen LogP contribution in [0.15, 0.2) is 29.4 Å². The molecule has 1 saturated heterocycles. The monoisotopic (exact) mass is 366 g/mol. The highest BCUT2D eigenvalue weighted by Crippen LogP contribution is 2.30. The lowest BCUT2D eigenvalue weighted by atomic mass is 10.1. The number of primary amides is 1. The third-order valence-electron chi connectivity index (χ3n) is 4.07. The van der Waals surface area contributed by atoms with Gasteiger partial charge in [0.25, 0.3) is 0 Å². The van der Waals surface area contributed by atoms with Crippen molar-refractivity contribution < 1.29 is 13.2 Å². The Hall–Kier alpha value is -1.87. The minimum Gasteiger partial charge on any atom is -0.366 e. The predicted octanol–water partition coefficient (Wildman–Crippen LogP) is 1.11. The number of hydrogen-bond donors (Lipinski definition) is 1. The largest absolute Gasteiger partial charge is 0.366 e. The molecule has 3 rings (SSSR count). The predicted molar refractivity (Wildman–Crippen MR) is 91.5 cm³/mol. The van der Waals surface area contributed by atoms with Crippen molar-refractivity contribution in [3.8, 4) is 0 Å². The maximum Gasteiger partial charge on any atom is 0.248 e. The Labute approximate surface area is 144 Å². The number of carbonyl (C=O) groups excluding carboxylic acids is 1. The van der Waals surface area contributed by atoms with Gasteiger partial charge in [-0.1, -0.05) is 23.9 Å². The van der Waals surface area contributed by atoms with Gasteiger partial charge in [0.15, 0.2) is 15.0 Å². The molecule has 0 spiro atoms. The van der Waals surface area contributed by atoms with E-state index in [0.29, 0.717) is 17.7 Å². The van der Waals surface area contributed by atoms with E-state index in [0.717, 1.165) is 16.5 Å². The van der Waals surface area contributed by atoms with Crippen LogP contribution >= 0.6 is 11.8 Å². The minimum absolute atomic E-state index is 0.0725. The van der Waals surface area contributed by atoms with Crippen molar-refractivity contribution in [3.63, 3.8) is 0 Å². The van der Waals surface area contributed by atoms with Crippen LogP contribution in [0.3, 0.4) is 0 Å². The summed E-state index contributed by atoms with van der Waals surface area (Å²) >= 11 is 1.52. The lowest BCUT2D eigenvalue weighted by Crippen LogP contribution is -2.10. The van der Waals surface area contributed by atoms with Crippen molar-refractivity contribution in [3.05, 3.63) is 41.2 Å². The number of amides is 1. The molecule has 0 radical (unpaired) electrons. The molecule has 2 heterocycles. The van der Waals surface area contributed by atoms with Crippen LogP contribution in [0.1, 0.15) is 34.1 Å². The van der Waals surface area contributed by atoms with Crippen LogP contribution in [-0.4, -0.2) is 40.6 Å². The zero-order valence-electron chi connectivity index (χ0n) is 13.2. The van der Waals surface area contributed by atoms with Gasteiger partial charge in [-0.2, -0.15) is 0 Å². The summed E-state index contributed by atoms with van der Waals surface area (Å²) in [7, 11) is -1.08. The van der Waals surface area contributed by atoms with E-state index in [9.17, 15) is 13.2 Å². The normalized spacial score (nSPS) is 19.5. The van der Waals surface area contributed by atoms with E-state index in [-0.39, 0.29) is 17.4 Å². The SMILES string of the molecule is Cn1c(SCc2ccc(C(N)=O)cc2)nnc1C1CCS(=O)(=O)C1. The highest BCUT2D eigenvalue weighted by molar-refractivity contribution is 7.98. The molecular weight excluding hydrogens is 348 g/mol. The van der Waals surface area contributed by atoms with Gasteiger partial charge in [-0.3, -0.25) is 4.79 Å². The maximum atomic E-state index is 11.6. The van der Waals surface area contributed by atoms with E-state index in [1.165, 1.54) is 11.8 Å². The third-order valence-corrected chi connectivity index (χ3v) is 6.93. The van der Waals surface area contributed by atoms with Crippen LogP contribution < -0.4 is 5.73 Å². The summed E-state index contributed by atoms with van der Waals surface area (Å²) in [6.45, 7) is 0. The first-order valence-corrected chi connectivity index (χ1v) is 10.3. The number of carbonyl (C=O) groups is 1. The molecule has 0 saturated carbocycles.